The molecule has 1 saturated heterocycles. The van der Waals surface area contributed by atoms with Crippen molar-refractivity contribution in [2.45, 2.75) is 25.3 Å². The smallest absolute Gasteiger partial charge is 0.237 e. The Bertz CT molecular complexity index is 483. The van der Waals surface area contributed by atoms with Crippen LogP contribution in [0.15, 0.2) is 30.3 Å². The molecule has 1 atom stereocenters. The molecule has 1 fully saturated rings. The third kappa shape index (κ3) is 6.59. The predicted octanol–water partition coefficient (Wildman–Crippen LogP) is 0.946. The summed E-state index contributed by atoms with van der Waals surface area (Å²) in [4.78, 5) is 16.9. The zero-order valence-electron chi connectivity index (χ0n) is 15.1. The van der Waals surface area contributed by atoms with Crippen LogP contribution in [0.2, 0.25) is 0 Å². The van der Waals surface area contributed by atoms with E-state index in [0.29, 0.717) is 12.3 Å². The molecular weight excluding hydrogens is 300 g/mol. The number of hydrogen-bond donors (Lipinski definition) is 2. The van der Waals surface area contributed by atoms with Crippen LogP contribution in [-0.4, -0.2) is 68.6 Å². The molecule has 1 aromatic rings. The molecule has 0 bridgehead atoms. The van der Waals surface area contributed by atoms with Crippen LogP contribution in [0.4, 0.5) is 0 Å². The largest absolute Gasteiger partial charge is 0.354 e. The summed E-state index contributed by atoms with van der Waals surface area (Å²) in [7, 11) is 4.22. The first-order chi connectivity index (χ1) is 11.5. The van der Waals surface area contributed by atoms with Gasteiger partial charge >= 0.3 is 0 Å². The Labute approximate surface area is 146 Å². The maximum Gasteiger partial charge on any atom is 0.237 e. The van der Waals surface area contributed by atoms with E-state index < -0.39 is 6.04 Å². The summed E-state index contributed by atoms with van der Waals surface area (Å²) >= 11 is 0. The standard InChI is InChI=1S/C19H32N4O/c1-22(2)12-13-23-10-8-17(9-11-23)15-21-19(24)18(20)14-16-6-4-3-5-7-16/h3-7,17-18H,8-15,20H2,1-2H3,(H,21,24). The highest BCUT2D eigenvalue weighted by molar-refractivity contribution is 5.81. The van der Waals surface area contributed by atoms with E-state index in [1.807, 2.05) is 30.3 Å². The molecule has 1 amide bonds. The quantitative estimate of drug-likeness (QED) is 0.744. The maximum absolute atomic E-state index is 12.2. The fraction of sp³-hybridized carbons (Fsp3) is 0.632. The van der Waals surface area contributed by atoms with Crippen LogP contribution in [0.3, 0.4) is 0 Å². The molecule has 24 heavy (non-hydrogen) atoms. The molecule has 5 heteroatoms. The number of amides is 1. The molecule has 1 unspecified atom stereocenters. The maximum atomic E-state index is 12.2. The van der Waals surface area contributed by atoms with Crippen molar-refractivity contribution in [2.24, 2.45) is 11.7 Å². The number of rotatable bonds is 8. The number of likely N-dealkylation sites (tertiary alicyclic amines) is 1. The minimum absolute atomic E-state index is 0.0334. The molecule has 1 aromatic carbocycles. The molecular formula is C19H32N4O. The van der Waals surface area contributed by atoms with Gasteiger partial charge in [0, 0.05) is 19.6 Å². The van der Waals surface area contributed by atoms with Gasteiger partial charge in [-0.3, -0.25) is 4.79 Å². The van der Waals surface area contributed by atoms with Crippen molar-refractivity contribution >= 4 is 5.91 Å². The zero-order chi connectivity index (χ0) is 17.4. The van der Waals surface area contributed by atoms with Crippen LogP contribution in [0.5, 0.6) is 0 Å². The van der Waals surface area contributed by atoms with Gasteiger partial charge in [0.05, 0.1) is 6.04 Å². The first kappa shape index (κ1) is 18.9. The van der Waals surface area contributed by atoms with Crippen molar-refractivity contribution in [3.63, 3.8) is 0 Å². The van der Waals surface area contributed by atoms with E-state index >= 15 is 0 Å². The molecule has 0 aromatic heterocycles. The van der Waals surface area contributed by atoms with Gasteiger partial charge in [-0.15, -0.1) is 0 Å². The van der Waals surface area contributed by atoms with Crippen LogP contribution in [0.1, 0.15) is 18.4 Å². The second-order valence-corrected chi connectivity index (χ2v) is 7.13. The Morgan fingerprint density at radius 1 is 1.29 bits per heavy atom. The van der Waals surface area contributed by atoms with Gasteiger partial charge in [0.1, 0.15) is 0 Å². The molecule has 1 heterocycles. The van der Waals surface area contributed by atoms with Gasteiger partial charge in [-0.2, -0.15) is 0 Å². The third-order valence-electron chi connectivity index (χ3n) is 4.77. The first-order valence-electron chi connectivity index (χ1n) is 8.99. The summed E-state index contributed by atoms with van der Waals surface area (Å²) in [5.74, 6) is 0.544. The Hall–Kier alpha value is -1.43. The zero-order valence-corrected chi connectivity index (χ0v) is 15.1. The lowest BCUT2D eigenvalue weighted by atomic mass is 9.96. The molecule has 2 rings (SSSR count). The van der Waals surface area contributed by atoms with E-state index in [2.05, 4.69) is 29.2 Å². The van der Waals surface area contributed by atoms with Gasteiger partial charge in [-0.25, -0.2) is 0 Å². The van der Waals surface area contributed by atoms with E-state index in [-0.39, 0.29) is 5.91 Å². The van der Waals surface area contributed by atoms with Crippen molar-refractivity contribution in [2.75, 3.05) is 46.8 Å². The molecule has 0 radical (unpaired) electrons. The number of nitrogens with zero attached hydrogens (tertiary/aromatic N) is 2. The van der Waals surface area contributed by atoms with Crippen LogP contribution in [0, 0.1) is 5.92 Å². The average molecular weight is 332 g/mol. The summed E-state index contributed by atoms with van der Waals surface area (Å²) in [5.41, 5.74) is 7.14. The van der Waals surface area contributed by atoms with Crippen molar-refractivity contribution < 1.29 is 4.79 Å². The summed E-state index contributed by atoms with van der Waals surface area (Å²) in [6.07, 6.45) is 2.90. The lowest BCUT2D eigenvalue weighted by molar-refractivity contribution is -0.122. The van der Waals surface area contributed by atoms with E-state index in [0.717, 1.165) is 51.1 Å². The van der Waals surface area contributed by atoms with Gasteiger partial charge in [0.15, 0.2) is 0 Å². The Morgan fingerprint density at radius 3 is 2.58 bits per heavy atom. The van der Waals surface area contributed by atoms with E-state index in [1.165, 1.54) is 0 Å². The lowest BCUT2D eigenvalue weighted by Gasteiger charge is -2.32. The SMILES string of the molecule is CN(C)CCN1CCC(CNC(=O)C(N)Cc2ccccc2)CC1. The van der Waals surface area contributed by atoms with E-state index in [4.69, 9.17) is 5.73 Å². The third-order valence-corrected chi connectivity index (χ3v) is 4.77. The summed E-state index contributed by atoms with van der Waals surface area (Å²) in [6, 6.07) is 9.48. The predicted molar refractivity (Wildman–Crippen MR) is 98.8 cm³/mol. The molecule has 0 spiro atoms. The number of carbonyl (C=O) groups is 1. The minimum atomic E-state index is -0.465. The van der Waals surface area contributed by atoms with E-state index in [9.17, 15) is 4.79 Å². The monoisotopic (exact) mass is 332 g/mol. The summed E-state index contributed by atoms with van der Waals surface area (Å²) in [6.45, 7) is 5.25. The van der Waals surface area contributed by atoms with Crippen LogP contribution in [-0.2, 0) is 11.2 Å². The Balaban J connectivity index is 1.64. The highest BCUT2D eigenvalue weighted by atomic mass is 16.2. The number of hydrogen-bond acceptors (Lipinski definition) is 4. The van der Waals surface area contributed by atoms with Crippen molar-refractivity contribution in [1.29, 1.82) is 0 Å². The van der Waals surface area contributed by atoms with Gasteiger partial charge in [0.25, 0.3) is 0 Å². The number of nitrogens with one attached hydrogen (secondary N) is 1. The van der Waals surface area contributed by atoms with Crippen molar-refractivity contribution in [3.05, 3.63) is 35.9 Å². The Morgan fingerprint density at radius 2 is 1.96 bits per heavy atom. The first-order valence-corrected chi connectivity index (χ1v) is 8.99. The van der Waals surface area contributed by atoms with Crippen LogP contribution < -0.4 is 11.1 Å². The molecule has 0 aliphatic carbocycles. The fourth-order valence-corrected chi connectivity index (χ4v) is 3.09. The molecule has 1 aliphatic rings. The second kappa shape index (κ2) is 9.77. The highest BCUT2D eigenvalue weighted by Gasteiger charge is 2.21. The van der Waals surface area contributed by atoms with Crippen LogP contribution >= 0.6 is 0 Å². The topological polar surface area (TPSA) is 61.6 Å². The number of benzene rings is 1. The summed E-state index contributed by atoms with van der Waals surface area (Å²) < 4.78 is 0. The number of carbonyl (C=O) groups excluding carboxylic acids is 1. The molecule has 134 valence electrons. The lowest BCUT2D eigenvalue weighted by Crippen LogP contribution is -2.45. The number of nitrogens with two attached hydrogens (primary N) is 1. The molecule has 0 saturated carbocycles. The average Bonchev–Trinajstić information content (AvgIpc) is 2.59. The van der Waals surface area contributed by atoms with Gasteiger partial charge in [-0.05, 0) is 57.9 Å². The molecule has 3 N–H and O–H groups in total. The Kier molecular flexibility index (Phi) is 7.69. The highest BCUT2D eigenvalue weighted by Crippen LogP contribution is 2.16. The minimum Gasteiger partial charge on any atom is -0.354 e. The van der Waals surface area contributed by atoms with E-state index in [1.54, 1.807) is 0 Å². The normalized spacial score (nSPS) is 17.8. The molecule has 5 nitrogen and oxygen atoms in total. The molecule has 1 aliphatic heterocycles. The van der Waals surface area contributed by atoms with Crippen LogP contribution in [0.25, 0.3) is 0 Å². The van der Waals surface area contributed by atoms with Crippen molar-refractivity contribution in [3.8, 4) is 0 Å². The number of likely N-dealkylation sites (N-methyl/N-ethyl adjacent to an activating group) is 1. The number of piperidine rings is 1. The van der Waals surface area contributed by atoms with Gasteiger partial charge in [0.2, 0.25) is 5.91 Å². The van der Waals surface area contributed by atoms with Gasteiger partial charge in [-0.1, -0.05) is 30.3 Å². The van der Waals surface area contributed by atoms with Gasteiger partial charge < -0.3 is 20.9 Å². The van der Waals surface area contributed by atoms with Crippen molar-refractivity contribution in [1.82, 2.24) is 15.1 Å². The summed E-state index contributed by atoms with van der Waals surface area (Å²) in [5, 5.41) is 3.05. The second-order valence-electron chi connectivity index (χ2n) is 7.13. The fourth-order valence-electron chi connectivity index (χ4n) is 3.09.